The number of nitrogens with one attached hydrogen (secondary N) is 1. The van der Waals surface area contributed by atoms with E-state index in [9.17, 15) is 4.79 Å². The van der Waals surface area contributed by atoms with Crippen molar-refractivity contribution in [1.82, 2.24) is 29.7 Å². The Hall–Kier alpha value is -2.48. The quantitative estimate of drug-likeness (QED) is 0.851. The van der Waals surface area contributed by atoms with Crippen LogP contribution in [0.5, 0.6) is 0 Å². The van der Waals surface area contributed by atoms with Gasteiger partial charge in [0.2, 0.25) is 5.82 Å². The zero-order chi connectivity index (χ0) is 19.7. The van der Waals surface area contributed by atoms with Crippen molar-refractivity contribution in [2.24, 2.45) is 7.05 Å². The van der Waals surface area contributed by atoms with E-state index in [1.54, 1.807) is 6.20 Å². The van der Waals surface area contributed by atoms with Crippen molar-refractivity contribution in [3.8, 4) is 0 Å². The van der Waals surface area contributed by atoms with E-state index in [0.29, 0.717) is 12.6 Å². The predicted octanol–water partition coefficient (Wildman–Crippen LogP) is 1.21. The van der Waals surface area contributed by atoms with Gasteiger partial charge >= 0.3 is 0 Å². The fourth-order valence-corrected chi connectivity index (χ4v) is 3.34. The van der Waals surface area contributed by atoms with Crippen LogP contribution in [-0.4, -0.2) is 63.6 Å². The highest BCUT2D eigenvalue weighted by Gasteiger charge is 2.27. The molecule has 0 aromatic carbocycles. The number of anilines is 1. The van der Waals surface area contributed by atoms with Gasteiger partial charge in [-0.25, -0.2) is 15.0 Å². The summed E-state index contributed by atoms with van der Waals surface area (Å²) < 4.78 is 1.96. The minimum atomic E-state index is -0.262. The van der Waals surface area contributed by atoms with Crippen LogP contribution < -0.4 is 10.2 Å². The fraction of sp³-hybridized carbons (Fsp3) is 0.579. The van der Waals surface area contributed by atoms with Crippen LogP contribution in [0.2, 0.25) is 0 Å². The van der Waals surface area contributed by atoms with Crippen LogP contribution in [0.25, 0.3) is 0 Å². The lowest BCUT2D eigenvalue weighted by Crippen LogP contribution is -2.33. The molecule has 1 N–H and O–H groups in total. The second-order valence-electron chi connectivity index (χ2n) is 7.47. The van der Waals surface area contributed by atoms with Gasteiger partial charge in [-0.2, -0.15) is 0 Å². The van der Waals surface area contributed by atoms with Crippen molar-refractivity contribution in [1.29, 1.82) is 0 Å². The molecule has 0 saturated carbocycles. The average molecular weight is 371 g/mol. The first-order chi connectivity index (χ1) is 12.8. The van der Waals surface area contributed by atoms with E-state index < -0.39 is 0 Å². The molecule has 8 heteroatoms. The van der Waals surface area contributed by atoms with E-state index in [4.69, 9.17) is 0 Å². The van der Waals surface area contributed by atoms with Gasteiger partial charge < -0.3 is 19.7 Å². The molecule has 2 aromatic heterocycles. The number of carbonyl (C=O) groups excluding carboxylic acids is 1. The number of nitrogens with zero attached hydrogens (tertiary/aromatic N) is 6. The molecule has 146 valence electrons. The Balaban J connectivity index is 1.77. The molecule has 8 nitrogen and oxygen atoms in total. The summed E-state index contributed by atoms with van der Waals surface area (Å²) in [4.78, 5) is 30.4. The number of hydrogen-bond acceptors (Lipinski definition) is 6. The highest BCUT2D eigenvalue weighted by Crippen LogP contribution is 2.25. The topological polar surface area (TPSA) is 79.2 Å². The van der Waals surface area contributed by atoms with Gasteiger partial charge in [-0.3, -0.25) is 4.79 Å². The molecule has 1 saturated heterocycles. The van der Waals surface area contributed by atoms with E-state index in [1.807, 2.05) is 32.4 Å². The Bertz CT molecular complexity index is 843. The number of carbonyl (C=O) groups is 1. The van der Waals surface area contributed by atoms with Gasteiger partial charge in [-0.1, -0.05) is 0 Å². The van der Waals surface area contributed by atoms with Crippen molar-refractivity contribution in [3.05, 3.63) is 34.8 Å². The highest BCUT2D eigenvalue weighted by molar-refractivity contribution is 5.90. The minimum absolute atomic E-state index is 0.222. The number of hydrogen-bond donors (Lipinski definition) is 1. The summed E-state index contributed by atoms with van der Waals surface area (Å²) in [6.45, 7) is 8.14. The van der Waals surface area contributed by atoms with Gasteiger partial charge in [0.15, 0.2) is 0 Å². The van der Waals surface area contributed by atoms with Crippen LogP contribution in [0.4, 0.5) is 5.82 Å². The number of imidazole rings is 1. The SMILES string of the molecule is Cc1nc(C(=O)NCc2cnc(C)n2C)nc(N2CC[C@@H](N(C)C)C2)c1C. The van der Waals surface area contributed by atoms with Gasteiger partial charge in [-0.15, -0.1) is 0 Å². The molecular weight excluding hydrogens is 342 g/mol. The van der Waals surface area contributed by atoms with Gasteiger partial charge in [-0.05, 0) is 41.3 Å². The first-order valence-corrected chi connectivity index (χ1v) is 9.30. The summed E-state index contributed by atoms with van der Waals surface area (Å²) in [6, 6.07) is 0.505. The van der Waals surface area contributed by atoms with Crippen molar-refractivity contribution in [2.75, 3.05) is 32.1 Å². The van der Waals surface area contributed by atoms with Crippen molar-refractivity contribution in [2.45, 2.75) is 39.8 Å². The Morgan fingerprint density at radius 2 is 2.04 bits per heavy atom. The largest absolute Gasteiger partial charge is 0.355 e. The summed E-state index contributed by atoms with van der Waals surface area (Å²) in [5.74, 6) is 1.74. The Morgan fingerprint density at radius 3 is 2.63 bits per heavy atom. The van der Waals surface area contributed by atoms with Crippen molar-refractivity contribution < 1.29 is 4.79 Å². The molecule has 1 aliphatic rings. The van der Waals surface area contributed by atoms with Gasteiger partial charge in [0, 0.05) is 37.4 Å². The third-order valence-corrected chi connectivity index (χ3v) is 5.51. The summed E-state index contributed by atoms with van der Waals surface area (Å²) in [6.07, 6.45) is 2.87. The molecule has 3 rings (SSSR count). The first-order valence-electron chi connectivity index (χ1n) is 9.30. The van der Waals surface area contributed by atoms with Crippen molar-refractivity contribution >= 4 is 11.7 Å². The van der Waals surface area contributed by atoms with Crippen LogP contribution in [0.15, 0.2) is 6.20 Å². The fourth-order valence-electron chi connectivity index (χ4n) is 3.34. The maximum absolute atomic E-state index is 12.6. The predicted molar refractivity (Wildman–Crippen MR) is 105 cm³/mol. The molecule has 1 fully saturated rings. The molecule has 2 aromatic rings. The molecule has 3 heterocycles. The molecular formula is C19H29N7O. The first kappa shape index (κ1) is 19.3. The van der Waals surface area contributed by atoms with Crippen LogP contribution in [-0.2, 0) is 13.6 Å². The smallest absolute Gasteiger partial charge is 0.289 e. The van der Waals surface area contributed by atoms with Crippen LogP contribution >= 0.6 is 0 Å². The number of amides is 1. The monoisotopic (exact) mass is 371 g/mol. The number of likely N-dealkylation sites (N-methyl/N-ethyl adjacent to an activating group) is 1. The van der Waals surface area contributed by atoms with Crippen LogP contribution in [0.3, 0.4) is 0 Å². The van der Waals surface area contributed by atoms with E-state index in [2.05, 4.69) is 44.2 Å². The zero-order valence-electron chi connectivity index (χ0n) is 17.1. The van der Waals surface area contributed by atoms with Gasteiger partial charge in [0.1, 0.15) is 11.6 Å². The second-order valence-corrected chi connectivity index (χ2v) is 7.47. The molecule has 0 unspecified atom stereocenters. The highest BCUT2D eigenvalue weighted by atomic mass is 16.2. The summed E-state index contributed by atoms with van der Waals surface area (Å²) >= 11 is 0. The summed E-state index contributed by atoms with van der Waals surface area (Å²) in [5.41, 5.74) is 2.82. The molecule has 0 aliphatic carbocycles. The second kappa shape index (κ2) is 7.64. The molecule has 0 spiro atoms. The van der Waals surface area contributed by atoms with Crippen LogP contribution in [0.1, 0.15) is 39.8 Å². The molecule has 1 atom stereocenters. The molecule has 0 radical (unpaired) electrons. The van der Waals surface area contributed by atoms with Gasteiger partial charge in [0.05, 0.1) is 18.4 Å². The van der Waals surface area contributed by atoms with E-state index in [0.717, 1.165) is 48.1 Å². The number of aromatic nitrogens is 4. The summed E-state index contributed by atoms with van der Waals surface area (Å²) in [5, 5.41) is 2.91. The molecule has 27 heavy (non-hydrogen) atoms. The van der Waals surface area contributed by atoms with Crippen molar-refractivity contribution in [3.63, 3.8) is 0 Å². The Morgan fingerprint density at radius 1 is 1.30 bits per heavy atom. The average Bonchev–Trinajstić information content (AvgIpc) is 3.24. The van der Waals surface area contributed by atoms with E-state index >= 15 is 0 Å². The standard InChI is InChI=1S/C19H29N7O/c1-12-13(2)22-17(19(27)21-10-16-9-20-14(3)25(16)6)23-18(12)26-8-7-15(11-26)24(4)5/h9,15H,7-8,10-11H2,1-6H3,(H,21,27)/t15-/m1/s1. The third-order valence-electron chi connectivity index (χ3n) is 5.51. The Kier molecular flexibility index (Phi) is 5.46. The zero-order valence-corrected chi connectivity index (χ0v) is 17.1. The Labute approximate surface area is 160 Å². The maximum Gasteiger partial charge on any atom is 0.289 e. The molecule has 1 amide bonds. The van der Waals surface area contributed by atoms with Gasteiger partial charge in [0.25, 0.3) is 5.91 Å². The lowest BCUT2D eigenvalue weighted by atomic mass is 10.2. The maximum atomic E-state index is 12.6. The van der Waals surface area contributed by atoms with E-state index in [1.165, 1.54) is 0 Å². The minimum Gasteiger partial charge on any atom is -0.355 e. The normalized spacial score (nSPS) is 17.0. The molecule has 0 bridgehead atoms. The number of rotatable bonds is 5. The third kappa shape index (κ3) is 3.95. The molecule has 1 aliphatic heterocycles. The number of aryl methyl sites for hydroxylation is 2. The summed E-state index contributed by atoms with van der Waals surface area (Å²) in [7, 11) is 6.14. The van der Waals surface area contributed by atoms with E-state index in [-0.39, 0.29) is 11.7 Å². The lowest BCUT2D eigenvalue weighted by Gasteiger charge is -2.23. The lowest BCUT2D eigenvalue weighted by molar-refractivity contribution is 0.0939. The van der Waals surface area contributed by atoms with Crippen LogP contribution in [0, 0.1) is 20.8 Å².